The first-order valence-corrected chi connectivity index (χ1v) is 11.9. The van der Waals surface area contributed by atoms with E-state index in [4.69, 9.17) is 0 Å². The topological polar surface area (TPSA) is 131 Å². The summed E-state index contributed by atoms with van der Waals surface area (Å²) in [5.74, 6) is 1.67. The Kier molecular flexibility index (Phi) is 8.33. The Bertz CT molecular complexity index is 1310. The van der Waals surface area contributed by atoms with Gasteiger partial charge in [0.25, 0.3) is 0 Å². The van der Waals surface area contributed by atoms with Crippen LogP contribution in [0.15, 0.2) is 94.1 Å². The zero-order valence-electron chi connectivity index (χ0n) is 20.8. The summed E-state index contributed by atoms with van der Waals surface area (Å²) >= 11 is 0. The zero-order valence-corrected chi connectivity index (χ0v) is 20.8. The third kappa shape index (κ3) is 7.07. The van der Waals surface area contributed by atoms with E-state index in [0.717, 1.165) is 35.9 Å². The fraction of sp³-hybridized carbons (Fsp3) is 0.185. The van der Waals surface area contributed by atoms with Gasteiger partial charge in [0.15, 0.2) is 0 Å². The van der Waals surface area contributed by atoms with Crippen molar-refractivity contribution in [1.29, 1.82) is 0 Å². The van der Waals surface area contributed by atoms with E-state index in [1.807, 2.05) is 36.4 Å². The molecular weight excluding hydrogens is 468 g/mol. The average Bonchev–Trinajstić information content (AvgIpc) is 3.33. The van der Waals surface area contributed by atoms with E-state index in [-0.39, 0.29) is 6.03 Å². The van der Waals surface area contributed by atoms with Crippen LogP contribution in [0.1, 0.15) is 12.0 Å². The highest BCUT2D eigenvalue weighted by Crippen LogP contribution is 2.17. The lowest BCUT2D eigenvalue weighted by Gasteiger charge is -2.11. The molecule has 10 heteroatoms. The molecule has 37 heavy (non-hydrogen) atoms. The lowest BCUT2D eigenvalue weighted by Crippen LogP contribution is -2.27. The van der Waals surface area contributed by atoms with E-state index in [0.29, 0.717) is 29.2 Å². The average molecular weight is 499 g/mol. The fourth-order valence-corrected chi connectivity index (χ4v) is 3.86. The highest BCUT2D eigenvalue weighted by atomic mass is 16.2. The molecule has 1 heterocycles. The number of amidine groups is 2. The van der Waals surface area contributed by atoms with Crippen LogP contribution in [0.3, 0.4) is 0 Å². The van der Waals surface area contributed by atoms with Gasteiger partial charge >= 0.3 is 12.1 Å². The van der Waals surface area contributed by atoms with E-state index in [1.165, 1.54) is 0 Å². The molecule has 1 aliphatic carbocycles. The number of rotatable bonds is 6. The fourth-order valence-electron chi connectivity index (χ4n) is 3.86. The van der Waals surface area contributed by atoms with Crippen molar-refractivity contribution in [3.63, 3.8) is 0 Å². The van der Waals surface area contributed by atoms with Gasteiger partial charge in [0, 0.05) is 49.0 Å². The van der Waals surface area contributed by atoms with Crippen molar-refractivity contribution in [3.05, 3.63) is 89.7 Å². The predicted molar refractivity (Wildman–Crippen MR) is 149 cm³/mol. The highest BCUT2D eigenvalue weighted by Gasteiger charge is 2.12. The monoisotopic (exact) mass is 498 g/mol. The van der Waals surface area contributed by atoms with Crippen LogP contribution in [0.4, 0.5) is 26.7 Å². The van der Waals surface area contributed by atoms with Gasteiger partial charge in [0.1, 0.15) is 11.7 Å². The molecule has 0 spiro atoms. The summed E-state index contributed by atoms with van der Waals surface area (Å²) in [6.07, 6.45) is 8.33. The van der Waals surface area contributed by atoms with Gasteiger partial charge < -0.3 is 31.9 Å². The summed E-state index contributed by atoms with van der Waals surface area (Å²) in [4.78, 5) is 33.6. The van der Waals surface area contributed by atoms with Gasteiger partial charge in [0.2, 0.25) is 0 Å². The van der Waals surface area contributed by atoms with Crippen LogP contribution in [0.2, 0.25) is 0 Å². The molecule has 0 saturated carbocycles. The van der Waals surface area contributed by atoms with Crippen molar-refractivity contribution in [1.82, 2.24) is 16.0 Å². The number of amides is 4. The molecule has 10 nitrogen and oxygen atoms in total. The van der Waals surface area contributed by atoms with Crippen LogP contribution in [-0.2, 0) is 0 Å². The van der Waals surface area contributed by atoms with Crippen molar-refractivity contribution in [2.45, 2.75) is 6.42 Å². The number of carbonyl (C=O) groups is 2. The first kappa shape index (κ1) is 25.2. The predicted octanol–water partition coefficient (Wildman–Crippen LogP) is 3.82. The number of carbonyl (C=O) groups excluding carboxylic acids is 2. The number of nitrogens with zero attached hydrogens (tertiary/aromatic N) is 2. The largest absolute Gasteiger partial charge is 0.373 e. The van der Waals surface area contributed by atoms with Gasteiger partial charge in [-0.1, -0.05) is 24.3 Å². The first-order chi connectivity index (χ1) is 18.0. The summed E-state index contributed by atoms with van der Waals surface area (Å²) in [5.41, 5.74) is 4.40. The van der Waals surface area contributed by atoms with Gasteiger partial charge in [0.05, 0.1) is 6.54 Å². The van der Waals surface area contributed by atoms with E-state index >= 15 is 0 Å². The Balaban J connectivity index is 1.29. The van der Waals surface area contributed by atoms with Crippen molar-refractivity contribution in [3.8, 4) is 0 Å². The first-order valence-electron chi connectivity index (χ1n) is 11.9. The zero-order chi connectivity index (χ0) is 26.0. The number of nitrogens with one attached hydrogen (secondary N) is 6. The standard InChI is InChI=1S/C27H30N8O2/c1-28-24(29-2)19-10-13-21(14-11-19)33-27(37)35-23-8-4-7-22(17-23)34-26(36)32-20-6-3-5-18(9-12-20)25-30-15-16-31-25/h3-8,10-14,17H,9,15-16H2,1-2H3,(H,28,29)(H,30,31)(H2,32,34,36)(H2,33,35,37). The van der Waals surface area contributed by atoms with Crippen molar-refractivity contribution in [2.24, 2.45) is 9.98 Å². The van der Waals surface area contributed by atoms with Crippen molar-refractivity contribution >= 4 is 40.8 Å². The number of hydrogen-bond acceptors (Lipinski definition) is 5. The Morgan fingerprint density at radius 3 is 2.30 bits per heavy atom. The number of benzene rings is 2. The van der Waals surface area contributed by atoms with Gasteiger partial charge in [-0.05, 0) is 60.5 Å². The van der Waals surface area contributed by atoms with E-state index in [2.05, 4.69) is 41.9 Å². The summed E-state index contributed by atoms with van der Waals surface area (Å²) in [7, 11) is 3.51. The molecule has 0 radical (unpaired) electrons. The third-order valence-corrected chi connectivity index (χ3v) is 5.61. The molecule has 0 aromatic heterocycles. The number of hydrogen-bond donors (Lipinski definition) is 6. The van der Waals surface area contributed by atoms with Crippen LogP contribution in [-0.4, -0.2) is 50.9 Å². The second-order valence-corrected chi connectivity index (χ2v) is 8.21. The summed E-state index contributed by atoms with van der Waals surface area (Å²) < 4.78 is 0. The smallest absolute Gasteiger partial charge is 0.323 e. The maximum atomic E-state index is 12.6. The lowest BCUT2D eigenvalue weighted by atomic mass is 10.1. The molecule has 0 atom stereocenters. The van der Waals surface area contributed by atoms with Gasteiger partial charge in [-0.15, -0.1) is 0 Å². The molecule has 1 aliphatic heterocycles. The minimum atomic E-state index is -0.397. The van der Waals surface area contributed by atoms with Crippen LogP contribution < -0.4 is 31.9 Å². The second kappa shape index (κ2) is 12.2. The molecule has 0 unspecified atom stereocenters. The quantitative estimate of drug-likeness (QED) is 0.267. The Hall–Kier alpha value is -4.86. The Morgan fingerprint density at radius 2 is 1.65 bits per heavy atom. The Labute approximate surface area is 215 Å². The number of aliphatic imine (C=N–C) groups is 2. The van der Waals surface area contributed by atoms with E-state index < -0.39 is 6.03 Å². The molecule has 190 valence electrons. The summed E-state index contributed by atoms with van der Waals surface area (Å²) in [6, 6.07) is 13.5. The van der Waals surface area contributed by atoms with E-state index in [1.54, 1.807) is 50.5 Å². The molecular formula is C27H30N8O2. The van der Waals surface area contributed by atoms with Gasteiger partial charge in [-0.3, -0.25) is 9.98 Å². The number of anilines is 3. The highest BCUT2D eigenvalue weighted by molar-refractivity contribution is 6.02. The van der Waals surface area contributed by atoms with Gasteiger partial charge in [-0.2, -0.15) is 0 Å². The summed E-state index contributed by atoms with van der Waals surface area (Å²) in [5, 5.41) is 17.5. The third-order valence-electron chi connectivity index (χ3n) is 5.61. The second-order valence-electron chi connectivity index (χ2n) is 8.21. The normalized spacial score (nSPS) is 14.9. The van der Waals surface area contributed by atoms with Crippen molar-refractivity contribution < 1.29 is 9.59 Å². The molecule has 2 aromatic carbocycles. The molecule has 6 N–H and O–H groups in total. The summed E-state index contributed by atoms with van der Waals surface area (Å²) in [6.45, 7) is 1.63. The molecule has 2 aromatic rings. The maximum Gasteiger partial charge on any atom is 0.323 e. The van der Waals surface area contributed by atoms with Gasteiger partial charge in [-0.25, -0.2) is 9.59 Å². The molecule has 4 rings (SSSR count). The van der Waals surface area contributed by atoms with Crippen molar-refractivity contribution in [2.75, 3.05) is 43.1 Å². The lowest BCUT2D eigenvalue weighted by molar-refractivity contribution is 0.254. The molecule has 2 aliphatic rings. The molecule has 0 bridgehead atoms. The molecule has 0 fully saturated rings. The molecule has 0 saturated heterocycles. The van der Waals surface area contributed by atoms with Crippen LogP contribution in [0.25, 0.3) is 0 Å². The van der Waals surface area contributed by atoms with Crippen LogP contribution in [0.5, 0.6) is 0 Å². The number of allylic oxidation sites excluding steroid dienone is 4. The SMILES string of the molecule is CN=C(NC)c1ccc(NC(=O)Nc2cccc(NC(=O)NC3=CCC(C4=NCCN4)=CC=C3)c2)cc1. The van der Waals surface area contributed by atoms with Crippen LogP contribution in [0, 0.1) is 0 Å². The minimum absolute atomic E-state index is 0.381. The van der Waals surface area contributed by atoms with Crippen LogP contribution >= 0.6 is 0 Å². The number of urea groups is 2. The van der Waals surface area contributed by atoms with E-state index in [9.17, 15) is 9.59 Å². The molecule has 4 amide bonds. The minimum Gasteiger partial charge on any atom is -0.373 e. The maximum absolute atomic E-state index is 12.6. The Morgan fingerprint density at radius 1 is 0.946 bits per heavy atom.